The lowest BCUT2D eigenvalue weighted by Crippen LogP contribution is -1.68. The summed E-state index contributed by atoms with van der Waals surface area (Å²) in [7, 11) is 3.10. The minimum atomic E-state index is 0.827. The van der Waals surface area contributed by atoms with Gasteiger partial charge in [0.15, 0.2) is 0 Å². The van der Waals surface area contributed by atoms with Gasteiger partial charge in [0.25, 0.3) is 0 Å². The van der Waals surface area contributed by atoms with E-state index in [-0.39, 0.29) is 0 Å². The number of aryl methyl sites for hydroxylation is 2. The second-order valence-corrected chi connectivity index (χ2v) is 4.75. The van der Waals surface area contributed by atoms with Crippen molar-refractivity contribution in [1.82, 2.24) is 0 Å². The molecule has 2 heterocycles. The highest BCUT2D eigenvalue weighted by Crippen LogP contribution is 2.38. The molecule has 2 aromatic heterocycles. The molecule has 0 fully saturated rings. The molecule has 0 saturated carbocycles. The van der Waals surface area contributed by atoms with E-state index in [1.807, 2.05) is 13.8 Å². The van der Waals surface area contributed by atoms with Crippen molar-refractivity contribution < 1.29 is 8.83 Å². The molecule has 0 unspecified atom stereocenters. The van der Waals surface area contributed by atoms with Gasteiger partial charge in [-0.05, 0) is 47.6 Å². The lowest BCUT2D eigenvalue weighted by molar-refractivity contribution is 0.522. The Bertz CT molecular complexity index is 377. The Kier molecular flexibility index (Phi) is 2.67. The highest BCUT2D eigenvalue weighted by Gasteiger charge is 2.06. The Balaban J connectivity index is 2.02. The van der Waals surface area contributed by atoms with Crippen LogP contribution >= 0.6 is 21.6 Å². The first-order chi connectivity index (χ1) is 6.77. The van der Waals surface area contributed by atoms with E-state index in [0.717, 1.165) is 21.3 Å². The average Bonchev–Trinajstić information content (AvgIpc) is 2.72. The molecule has 2 aromatic rings. The molecule has 14 heavy (non-hydrogen) atoms. The van der Waals surface area contributed by atoms with Gasteiger partial charge in [-0.3, -0.25) is 0 Å². The third-order valence-electron chi connectivity index (χ3n) is 1.59. The fraction of sp³-hybridized carbons (Fsp3) is 0.200. The minimum Gasteiger partial charge on any atom is -0.410 e. The van der Waals surface area contributed by atoms with Crippen LogP contribution in [0.4, 0.5) is 0 Å². The number of hydrogen-bond acceptors (Lipinski definition) is 4. The summed E-state index contributed by atoms with van der Waals surface area (Å²) >= 11 is 0. The van der Waals surface area contributed by atoms with Crippen LogP contribution in [0, 0.1) is 38.5 Å². The highest BCUT2D eigenvalue weighted by molar-refractivity contribution is 8.76. The molecule has 0 saturated heterocycles. The van der Waals surface area contributed by atoms with Gasteiger partial charge in [-0.1, -0.05) is 0 Å². The Morgan fingerprint density at radius 3 is 1.57 bits per heavy atom. The fourth-order valence-electron chi connectivity index (χ4n) is 0.808. The molecule has 0 N–H and O–H groups in total. The van der Waals surface area contributed by atoms with Crippen LogP contribution in [0.1, 0.15) is 11.5 Å². The van der Waals surface area contributed by atoms with Crippen molar-refractivity contribution >= 4 is 21.6 Å². The smallest absolute Gasteiger partial charge is 0.137 e. The predicted molar refractivity (Wildman–Crippen MR) is 53.9 cm³/mol. The molecule has 0 aromatic carbocycles. The number of hydrogen-bond donors (Lipinski definition) is 0. The monoisotopic (exact) mass is 222 g/mol. The van der Waals surface area contributed by atoms with Crippen LogP contribution in [0.3, 0.4) is 0 Å². The molecule has 2 nitrogen and oxygen atoms in total. The quantitative estimate of drug-likeness (QED) is 0.742. The van der Waals surface area contributed by atoms with Crippen LogP contribution in [0.25, 0.3) is 0 Å². The largest absolute Gasteiger partial charge is 0.410 e. The zero-order chi connectivity index (χ0) is 9.97. The van der Waals surface area contributed by atoms with Gasteiger partial charge >= 0.3 is 0 Å². The summed E-state index contributed by atoms with van der Waals surface area (Å²) in [5.41, 5.74) is 0. The van der Waals surface area contributed by atoms with Crippen LogP contribution < -0.4 is 0 Å². The van der Waals surface area contributed by atoms with Gasteiger partial charge in [0.05, 0.1) is 0 Å². The van der Waals surface area contributed by atoms with Crippen LogP contribution in [-0.2, 0) is 0 Å². The van der Waals surface area contributed by atoms with E-state index in [2.05, 4.69) is 24.7 Å². The lowest BCUT2D eigenvalue weighted by Gasteiger charge is -1.94. The SMILES string of the molecule is Cc1oc#cc1SSc1c#coc1C. The zero-order valence-electron chi connectivity index (χ0n) is 7.63. The summed E-state index contributed by atoms with van der Waals surface area (Å²) in [6.45, 7) is 3.77. The van der Waals surface area contributed by atoms with Gasteiger partial charge < -0.3 is 8.83 Å². The van der Waals surface area contributed by atoms with Crippen LogP contribution in [-0.4, -0.2) is 0 Å². The molecule has 70 valence electrons. The summed E-state index contributed by atoms with van der Waals surface area (Å²) in [5, 5.41) is 0. The third-order valence-corrected chi connectivity index (χ3v) is 4.03. The minimum absolute atomic E-state index is 0.827. The van der Waals surface area contributed by atoms with Crippen molar-refractivity contribution in [2.45, 2.75) is 23.6 Å². The van der Waals surface area contributed by atoms with Crippen molar-refractivity contribution in [3.8, 4) is 0 Å². The van der Waals surface area contributed by atoms with Crippen LogP contribution in [0.15, 0.2) is 18.6 Å². The second-order valence-electron chi connectivity index (χ2n) is 2.60. The summed E-state index contributed by atoms with van der Waals surface area (Å²) in [6, 6.07) is 5.77. The van der Waals surface area contributed by atoms with E-state index in [1.54, 1.807) is 21.6 Å². The maximum Gasteiger partial charge on any atom is 0.137 e. The lowest BCUT2D eigenvalue weighted by atomic mass is 10.5. The Morgan fingerprint density at radius 2 is 1.29 bits per heavy atom. The van der Waals surface area contributed by atoms with Crippen molar-refractivity contribution in [3.63, 3.8) is 0 Å². The molecule has 0 aliphatic carbocycles. The van der Waals surface area contributed by atoms with E-state index >= 15 is 0 Å². The molecule has 0 atom stereocenters. The highest BCUT2D eigenvalue weighted by atomic mass is 33.1. The Hall–Kier alpha value is -1.10. The molecule has 0 bridgehead atoms. The van der Waals surface area contributed by atoms with Gasteiger partial charge in [0, 0.05) is 0 Å². The van der Waals surface area contributed by atoms with Gasteiger partial charge in [-0.15, -0.1) is 0 Å². The summed E-state index contributed by atoms with van der Waals surface area (Å²) in [4.78, 5) is 1.90. The maximum atomic E-state index is 5.01. The Morgan fingerprint density at radius 1 is 0.857 bits per heavy atom. The molecular formula is C10H6O2S2. The van der Waals surface area contributed by atoms with Gasteiger partial charge in [-0.25, -0.2) is 0 Å². The van der Waals surface area contributed by atoms with Crippen molar-refractivity contribution in [3.05, 3.63) is 36.2 Å². The number of rotatable bonds is 3. The first kappa shape index (κ1) is 9.45. The maximum absolute atomic E-state index is 5.01. The first-order valence-electron chi connectivity index (χ1n) is 3.89. The molecule has 0 aliphatic heterocycles. The van der Waals surface area contributed by atoms with E-state index in [1.165, 1.54) is 0 Å². The third kappa shape index (κ3) is 1.87. The summed E-state index contributed by atoms with van der Waals surface area (Å²) < 4.78 is 10.0. The van der Waals surface area contributed by atoms with Crippen molar-refractivity contribution in [2.24, 2.45) is 0 Å². The fourth-order valence-corrected chi connectivity index (χ4v) is 2.91. The Labute approximate surface area is 90.5 Å². The van der Waals surface area contributed by atoms with Gasteiger partial charge in [0.1, 0.15) is 33.8 Å². The van der Waals surface area contributed by atoms with E-state index in [4.69, 9.17) is 8.83 Å². The molecule has 0 aliphatic rings. The standard InChI is InChI=1S/C10H6O2S2/c1-7-9(3-5-11-7)13-14-10-4-6-12-8(10)2/h1-2H3. The van der Waals surface area contributed by atoms with E-state index in [9.17, 15) is 0 Å². The van der Waals surface area contributed by atoms with Gasteiger partial charge in [-0.2, -0.15) is 0 Å². The van der Waals surface area contributed by atoms with Crippen molar-refractivity contribution in [2.75, 3.05) is 0 Å². The molecule has 0 spiro atoms. The molecule has 2 rings (SSSR count). The molecule has 4 heteroatoms. The average molecular weight is 222 g/mol. The normalized spacial score (nSPS) is 9.57. The van der Waals surface area contributed by atoms with Crippen molar-refractivity contribution in [1.29, 1.82) is 0 Å². The predicted octanol–water partition coefficient (Wildman–Crippen LogP) is 3.49. The van der Waals surface area contributed by atoms with Gasteiger partial charge in [0.2, 0.25) is 0 Å². The summed E-state index contributed by atoms with van der Waals surface area (Å²) in [6.07, 6.45) is 5.13. The molecular weight excluding hydrogens is 216 g/mol. The van der Waals surface area contributed by atoms with E-state index in [0.29, 0.717) is 0 Å². The summed E-state index contributed by atoms with van der Waals surface area (Å²) in [5.74, 6) is 1.65. The zero-order valence-corrected chi connectivity index (χ0v) is 9.27. The van der Waals surface area contributed by atoms with Crippen LogP contribution in [0.2, 0.25) is 0 Å². The second kappa shape index (κ2) is 3.96. The van der Waals surface area contributed by atoms with E-state index < -0.39 is 0 Å². The first-order valence-corrected chi connectivity index (χ1v) is 6.04. The van der Waals surface area contributed by atoms with Crippen LogP contribution in [0.5, 0.6) is 0 Å². The molecule has 0 radical (unpaired) electrons. The topological polar surface area (TPSA) is 26.3 Å². The molecule has 0 amide bonds.